The van der Waals surface area contributed by atoms with E-state index in [1.54, 1.807) is 48.8 Å². The summed E-state index contributed by atoms with van der Waals surface area (Å²) in [4.78, 5) is 15.4. The zero-order chi connectivity index (χ0) is 20.8. The number of anilines is 1. The zero-order valence-corrected chi connectivity index (χ0v) is 17.9. The van der Waals surface area contributed by atoms with Crippen LogP contribution in [0.4, 0.5) is 5.69 Å². The highest BCUT2D eigenvalue weighted by Crippen LogP contribution is 2.29. The Hall–Kier alpha value is -2.48. The average Bonchev–Trinajstić information content (AvgIpc) is 3.13. The van der Waals surface area contributed by atoms with Gasteiger partial charge < -0.3 is 19.8 Å². The Morgan fingerprint density at radius 1 is 1.14 bits per heavy atom. The monoisotopic (exact) mass is 429 g/mol. The van der Waals surface area contributed by atoms with Crippen molar-refractivity contribution in [2.75, 3.05) is 12.8 Å². The Labute approximate surface area is 178 Å². The third-order valence-corrected chi connectivity index (χ3v) is 6.11. The topological polar surface area (TPSA) is 81.8 Å². The van der Waals surface area contributed by atoms with Gasteiger partial charge in [0.2, 0.25) is 0 Å². The van der Waals surface area contributed by atoms with Crippen LogP contribution < -0.4 is 10.5 Å². The van der Waals surface area contributed by atoms with Crippen molar-refractivity contribution in [3.63, 3.8) is 0 Å². The van der Waals surface area contributed by atoms with Gasteiger partial charge in [0, 0.05) is 28.3 Å². The number of ether oxygens (including phenoxy) is 1. The second-order valence-electron chi connectivity index (χ2n) is 6.62. The van der Waals surface area contributed by atoms with Gasteiger partial charge in [-0.1, -0.05) is 18.2 Å². The maximum atomic E-state index is 12.2. The normalized spacial score (nSPS) is 11.8. The van der Waals surface area contributed by atoms with E-state index >= 15 is 0 Å². The third kappa shape index (κ3) is 6.00. The van der Waals surface area contributed by atoms with Gasteiger partial charge in [-0.2, -0.15) is 0 Å². The molecule has 0 fully saturated rings. The number of methoxy groups -OCH3 is 1. The first-order valence-corrected chi connectivity index (χ1v) is 10.6. The lowest BCUT2D eigenvalue weighted by molar-refractivity contribution is -0.142. The summed E-state index contributed by atoms with van der Waals surface area (Å²) in [6, 6.07) is 17.1. The van der Waals surface area contributed by atoms with Gasteiger partial charge in [-0.3, -0.25) is 0 Å². The Bertz CT molecular complexity index is 969. The molecule has 1 atom stereocenters. The molecule has 1 aromatic heterocycles. The quantitative estimate of drug-likeness (QED) is 0.408. The second kappa shape index (κ2) is 9.82. The van der Waals surface area contributed by atoms with Gasteiger partial charge in [0.05, 0.1) is 24.0 Å². The lowest BCUT2D eigenvalue weighted by Gasteiger charge is -2.11. The number of nitrogens with two attached hydrogens (primary N) is 1. The lowest BCUT2D eigenvalue weighted by Crippen LogP contribution is -2.23. The van der Waals surface area contributed by atoms with Crippen molar-refractivity contribution >= 4 is 35.0 Å². The molecule has 2 aromatic carbocycles. The van der Waals surface area contributed by atoms with Crippen LogP contribution >= 0.6 is 23.4 Å². The van der Waals surface area contributed by atoms with Crippen molar-refractivity contribution in [1.82, 2.24) is 0 Å². The fourth-order valence-electron chi connectivity index (χ4n) is 2.75. The Kier molecular flexibility index (Phi) is 7.19. The first kappa shape index (κ1) is 21.2. The number of carbonyl (C=O) groups excluding carboxylic acids is 1. The summed E-state index contributed by atoms with van der Waals surface area (Å²) in [7, 11) is 1.58. The molecule has 1 unspecified atom stereocenters. The minimum absolute atomic E-state index is 0.163. The molecule has 0 aliphatic carbocycles. The number of aliphatic hydroxyl groups is 1. The van der Waals surface area contributed by atoms with Crippen LogP contribution in [0, 0.1) is 6.92 Å². The molecule has 0 saturated heterocycles. The van der Waals surface area contributed by atoms with E-state index in [0.717, 1.165) is 35.3 Å². The predicted octanol–water partition coefficient (Wildman–Crippen LogP) is 4.39. The molecule has 29 heavy (non-hydrogen) atoms. The minimum Gasteiger partial charge on any atom is -0.497 e. The van der Waals surface area contributed by atoms with Crippen molar-refractivity contribution in [3.8, 4) is 5.75 Å². The fourth-order valence-corrected chi connectivity index (χ4v) is 4.32. The Morgan fingerprint density at radius 3 is 2.52 bits per heavy atom. The number of hydrogen-bond acceptors (Lipinski definition) is 7. The van der Waals surface area contributed by atoms with Crippen LogP contribution in [0.5, 0.6) is 5.75 Å². The second-order valence-corrected chi connectivity index (χ2v) is 8.76. The van der Waals surface area contributed by atoms with E-state index in [-0.39, 0.29) is 6.42 Å². The summed E-state index contributed by atoms with van der Waals surface area (Å²) in [5.41, 5.74) is 8.44. The van der Waals surface area contributed by atoms with E-state index in [2.05, 4.69) is 19.1 Å². The van der Waals surface area contributed by atoms with Gasteiger partial charge in [-0.15, -0.1) is 11.3 Å². The molecule has 0 bridgehead atoms. The maximum absolute atomic E-state index is 12.2. The molecule has 0 spiro atoms. The van der Waals surface area contributed by atoms with Gasteiger partial charge in [-0.25, -0.2) is 4.79 Å². The number of aliphatic hydroxyl groups excluding tert-OH is 1. The van der Waals surface area contributed by atoms with Gasteiger partial charge in [0.15, 0.2) is 6.10 Å². The summed E-state index contributed by atoms with van der Waals surface area (Å²) in [6.07, 6.45) is -0.300. The van der Waals surface area contributed by atoms with Crippen molar-refractivity contribution in [1.29, 1.82) is 0 Å². The number of nitrogen functional groups attached to an aromatic ring is 1. The Balaban J connectivity index is 1.57. The van der Waals surface area contributed by atoms with Crippen molar-refractivity contribution in [2.45, 2.75) is 30.8 Å². The highest BCUT2D eigenvalue weighted by Gasteiger charge is 2.19. The number of thiophene rings is 1. The molecule has 0 aliphatic rings. The summed E-state index contributed by atoms with van der Waals surface area (Å²) in [5, 5.41) is 10.1. The SMILES string of the molecule is COc1ccc(CC(O)C(=O)OSc2cc(Cc3ccc(C)s3)ccc2N)cc1. The number of carbonyl (C=O) groups is 1. The van der Waals surface area contributed by atoms with Crippen molar-refractivity contribution in [2.24, 2.45) is 0 Å². The lowest BCUT2D eigenvalue weighted by atomic mass is 10.1. The molecule has 0 amide bonds. The van der Waals surface area contributed by atoms with Crippen LogP contribution in [0.1, 0.15) is 20.9 Å². The molecule has 0 radical (unpaired) electrons. The summed E-state index contributed by atoms with van der Waals surface area (Å²) in [5.74, 6) is 0.0129. The van der Waals surface area contributed by atoms with Gasteiger partial charge in [0.25, 0.3) is 0 Å². The van der Waals surface area contributed by atoms with Gasteiger partial charge in [0.1, 0.15) is 5.75 Å². The highest BCUT2D eigenvalue weighted by atomic mass is 32.2. The minimum atomic E-state index is -1.26. The van der Waals surface area contributed by atoms with Crippen LogP contribution in [0.25, 0.3) is 0 Å². The summed E-state index contributed by atoms with van der Waals surface area (Å²) in [6.45, 7) is 2.08. The first-order valence-electron chi connectivity index (χ1n) is 9.07. The van der Waals surface area contributed by atoms with Crippen LogP contribution in [0.2, 0.25) is 0 Å². The van der Waals surface area contributed by atoms with E-state index in [0.29, 0.717) is 10.6 Å². The molecule has 5 nitrogen and oxygen atoms in total. The standard InChI is InChI=1S/C22H23NO4S2/c1-14-3-9-18(28-14)11-16-6-10-19(23)21(13-16)29-27-22(25)20(24)12-15-4-7-17(26-2)8-5-15/h3-10,13,20,24H,11-12,23H2,1-2H3. The number of hydrogen-bond donors (Lipinski definition) is 2. The maximum Gasteiger partial charge on any atom is 0.347 e. The fraction of sp³-hybridized carbons (Fsp3) is 0.227. The highest BCUT2D eigenvalue weighted by molar-refractivity contribution is 7.95. The van der Waals surface area contributed by atoms with Crippen molar-refractivity contribution < 1.29 is 18.8 Å². The molecule has 3 rings (SSSR count). The van der Waals surface area contributed by atoms with Crippen molar-refractivity contribution in [3.05, 3.63) is 75.5 Å². The molecule has 7 heteroatoms. The molecule has 0 aliphatic heterocycles. The van der Waals surface area contributed by atoms with Gasteiger partial charge in [-0.05, 0) is 54.4 Å². The number of rotatable bonds is 8. The molecule has 3 N–H and O–H groups in total. The van der Waals surface area contributed by atoms with Gasteiger partial charge >= 0.3 is 5.97 Å². The van der Waals surface area contributed by atoms with E-state index in [1.165, 1.54) is 9.75 Å². The largest absolute Gasteiger partial charge is 0.497 e. The zero-order valence-electron chi connectivity index (χ0n) is 16.3. The van der Waals surface area contributed by atoms with E-state index < -0.39 is 12.1 Å². The molecule has 3 aromatic rings. The summed E-state index contributed by atoms with van der Waals surface area (Å²) >= 11 is 2.63. The predicted molar refractivity (Wildman–Crippen MR) is 117 cm³/mol. The molecule has 1 heterocycles. The van der Waals surface area contributed by atoms with Crippen LogP contribution in [-0.2, 0) is 21.8 Å². The molecule has 152 valence electrons. The third-order valence-electron chi connectivity index (χ3n) is 4.33. The molecular formula is C22H23NO4S2. The van der Waals surface area contributed by atoms with Crippen LogP contribution in [0.15, 0.2) is 59.5 Å². The smallest absolute Gasteiger partial charge is 0.347 e. The first-order chi connectivity index (χ1) is 13.9. The average molecular weight is 430 g/mol. The Morgan fingerprint density at radius 2 is 1.86 bits per heavy atom. The van der Waals surface area contributed by atoms with Crippen LogP contribution in [-0.4, -0.2) is 24.3 Å². The van der Waals surface area contributed by atoms with E-state index in [1.807, 2.05) is 12.1 Å². The molecular weight excluding hydrogens is 406 g/mol. The summed E-state index contributed by atoms with van der Waals surface area (Å²) < 4.78 is 10.3. The number of aryl methyl sites for hydroxylation is 1. The van der Waals surface area contributed by atoms with E-state index in [4.69, 9.17) is 14.7 Å². The molecule has 0 saturated carbocycles. The number of benzene rings is 2. The van der Waals surface area contributed by atoms with Crippen LogP contribution in [0.3, 0.4) is 0 Å². The van der Waals surface area contributed by atoms with E-state index in [9.17, 15) is 9.90 Å².